The van der Waals surface area contributed by atoms with Crippen LogP contribution in [0.3, 0.4) is 0 Å². The molecule has 3 amide bonds. The molecule has 5 aromatic rings. The van der Waals surface area contributed by atoms with Gasteiger partial charge in [0.25, 0.3) is 11.8 Å². The largest absolute Gasteiger partial charge is 0.493 e. The lowest BCUT2D eigenvalue weighted by molar-refractivity contribution is -0.198. The number of imide groups is 1. The van der Waals surface area contributed by atoms with Gasteiger partial charge in [-0.15, -0.1) is 25.5 Å². The third-order valence-electron chi connectivity index (χ3n) is 13.9. The molecule has 7 rings (SSSR count). The predicted molar refractivity (Wildman–Crippen MR) is 279 cm³/mol. The van der Waals surface area contributed by atoms with Crippen molar-refractivity contribution in [1.29, 1.82) is 0 Å². The standard InChI is InChI=1S/C58H68N6O12/c1-8-48(44-31-38(4)55(72-7)51(34-44)71-6)57(69)63-28-10-9-14-49(63)58(70)75-50(24-19-40-16-15-36(2)37(3)30-40)43-12-11-13-46(33-43)74-35-45(65)22-23-47(73-29-27-54(68)76-64-52(66)25-26-53(64)67)32-41-17-20-42(21-18-41)56-61-59-39(5)60-62-56/h11-13,15-18,20-21,30-31,33-34,47-50H,8-10,14,19,22-29,32,35H2,1-7H3/t47?,48-,49-,50+/m0/s1. The molecule has 0 spiro atoms. The van der Waals surface area contributed by atoms with Gasteiger partial charge in [0.2, 0.25) is 11.7 Å². The number of Topliss-reactive ketones (excluding diaryl/α,β-unsaturated/α-hetero) is 1. The predicted octanol–water partition coefficient (Wildman–Crippen LogP) is 8.33. The van der Waals surface area contributed by atoms with Gasteiger partial charge in [-0.1, -0.05) is 67.6 Å². The van der Waals surface area contributed by atoms with E-state index in [0.717, 1.165) is 40.7 Å². The molecule has 2 aliphatic heterocycles. The number of benzene rings is 4. The quantitative estimate of drug-likeness (QED) is 0.0397. The van der Waals surface area contributed by atoms with Gasteiger partial charge in [-0.2, -0.15) is 0 Å². The number of carbonyl (C=O) groups excluding carboxylic acids is 6. The Morgan fingerprint density at radius 1 is 0.750 bits per heavy atom. The fraction of sp³-hybridized carbons (Fsp3) is 0.448. The minimum Gasteiger partial charge on any atom is -0.493 e. The van der Waals surface area contributed by atoms with Crippen LogP contribution < -0.4 is 14.2 Å². The van der Waals surface area contributed by atoms with Crippen molar-refractivity contribution in [3.05, 3.63) is 124 Å². The fourth-order valence-electron chi connectivity index (χ4n) is 9.51. The Morgan fingerprint density at radius 2 is 1.49 bits per heavy atom. The van der Waals surface area contributed by atoms with Gasteiger partial charge in [0.1, 0.15) is 24.5 Å². The highest BCUT2D eigenvalue weighted by atomic mass is 16.7. The zero-order valence-electron chi connectivity index (χ0n) is 44.5. The number of rotatable bonds is 25. The van der Waals surface area contributed by atoms with Crippen LogP contribution in [-0.4, -0.2) is 112 Å². The molecular formula is C58H68N6O12. The summed E-state index contributed by atoms with van der Waals surface area (Å²) >= 11 is 0. The molecule has 402 valence electrons. The molecule has 18 nitrogen and oxygen atoms in total. The topological polar surface area (TPSA) is 216 Å². The van der Waals surface area contributed by atoms with Crippen LogP contribution in [0.4, 0.5) is 0 Å². The number of aromatic nitrogens is 4. The average molecular weight is 1040 g/mol. The number of ether oxygens (including phenoxy) is 5. The summed E-state index contributed by atoms with van der Waals surface area (Å²) in [7, 11) is 3.15. The molecule has 2 fully saturated rings. The van der Waals surface area contributed by atoms with Crippen molar-refractivity contribution in [1.82, 2.24) is 30.4 Å². The van der Waals surface area contributed by atoms with Crippen LogP contribution in [0.5, 0.6) is 17.2 Å². The fourth-order valence-corrected chi connectivity index (χ4v) is 9.51. The second-order valence-corrected chi connectivity index (χ2v) is 19.4. The van der Waals surface area contributed by atoms with E-state index in [1.54, 1.807) is 44.2 Å². The first-order valence-corrected chi connectivity index (χ1v) is 26.0. The summed E-state index contributed by atoms with van der Waals surface area (Å²) in [6.45, 7) is 9.78. The van der Waals surface area contributed by atoms with Crippen LogP contribution in [0.25, 0.3) is 11.4 Å². The van der Waals surface area contributed by atoms with E-state index in [4.69, 9.17) is 28.5 Å². The van der Waals surface area contributed by atoms with Crippen LogP contribution in [0.2, 0.25) is 0 Å². The number of amides is 3. The molecule has 2 aliphatic rings. The zero-order chi connectivity index (χ0) is 54.3. The summed E-state index contributed by atoms with van der Waals surface area (Å²) in [6.07, 6.45) is 2.79. The minimum absolute atomic E-state index is 0.0201. The maximum Gasteiger partial charge on any atom is 0.335 e. The van der Waals surface area contributed by atoms with Gasteiger partial charge in [0, 0.05) is 31.4 Å². The number of carbonyl (C=O) groups is 6. The highest BCUT2D eigenvalue weighted by molar-refractivity contribution is 6.01. The molecular weight excluding hydrogens is 973 g/mol. The van der Waals surface area contributed by atoms with Crippen molar-refractivity contribution in [2.75, 3.05) is 34.0 Å². The molecule has 0 radical (unpaired) electrons. The molecule has 76 heavy (non-hydrogen) atoms. The first-order chi connectivity index (χ1) is 36.6. The van der Waals surface area contributed by atoms with Crippen molar-refractivity contribution in [2.24, 2.45) is 0 Å². The Kier molecular flexibility index (Phi) is 19.8. The molecule has 0 bridgehead atoms. The number of hydrogen-bond donors (Lipinski definition) is 0. The van der Waals surface area contributed by atoms with Gasteiger partial charge >= 0.3 is 11.9 Å². The van der Waals surface area contributed by atoms with Gasteiger partial charge in [-0.05, 0) is 136 Å². The van der Waals surface area contributed by atoms with E-state index in [1.165, 1.54) is 5.56 Å². The number of piperidine rings is 1. The third-order valence-corrected chi connectivity index (χ3v) is 13.9. The molecule has 4 atom stereocenters. The van der Waals surface area contributed by atoms with Crippen LogP contribution >= 0.6 is 0 Å². The Hall–Kier alpha value is -7.60. The lowest BCUT2D eigenvalue weighted by atomic mass is 9.91. The number of esters is 1. The summed E-state index contributed by atoms with van der Waals surface area (Å²) in [5.74, 6) is -0.927. The smallest absolute Gasteiger partial charge is 0.335 e. The Morgan fingerprint density at radius 3 is 2.18 bits per heavy atom. The number of aryl methyl sites for hydroxylation is 5. The molecule has 0 aliphatic carbocycles. The molecule has 0 N–H and O–H groups in total. The highest BCUT2D eigenvalue weighted by Gasteiger charge is 2.38. The molecule has 1 aromatic heterocycles. The molecule has 0 saturated carbocycles. The van der Waals surface area contributed by atoms with Gasteiger partial charge < -0.3 is 33.4 Å². The zero-order valence-corrected chi connectivity index (χ0v) is 44.5. The SMILES string of the molecule is CC[C@H](C(=O)N1CCCC[C@H]1C(=O)O[C@H](CCc1ccc(C)c(C)c1)c1cccc(OCC(=O)CCC(Cc2ccc(-c3nnc(C)nn3)cc2)OCCC(=O)ON2C(=O)CCC2=O)c1)c1cc(C)c(OC)c(OC)c1. The lowest BCUT2D eigenvalue weighted by Crippen LogP contribution is -2.50. The number of likely N-dealkylation sites (tertiary alicyclic amines) is 1. The summed E-state index contributed by atoms with van der Waals surface area (Å²) < 4.78 is 29.9. The summed E-state index contributed by atoms with van der Waals surface area (Å²) in [5.41, 5.74) is 7.32. The van der Waals surface area contributed by atoms with Gasteiger partial charge in [0.15, 0.2) is 23.1 Å². The van der Waals surface area contributed by atoms with Crippen molar-refractivity contribution in [3.8, 4) is 28.6 Å². The molecule has 1 unspecified atom stereocenters. The van der Waals surface area contributed by atoms with Crippen molar-refractivity contribution in [3.63, 3.8) is 0 Å². The maximum absolute atomic E-state index is 14.5. The highest BCUT2D eigenvalue weighted by Crippen LogP contribution is 2.37. The van der Waals surface area contributed by atoms with E-state index in [2.05, 4.69) is 52.4 Å². The van der Waals surface area contributed by atoms with E-state index < -0.39 is 47.9 Å². The molecule has 18 heteroatoms. The second kappa shape index (κ2) is 26.7. The average Bonchev–Trinajstić information content (AvgIpc) is 3.75. The van der Waals surface area contributed by atoms with Crippen molar-refractivity contribution in [2.45, 2.75) is 136 Å². The van der Waals surface area contributed by atoms with Crippen molar-refractivity contribution < 1.29 is 57.3 Å². The van der Waals surface area contributed by atoms with E-state index in [9.17, 15) is 28.8 Å². The maximum atomic E-state index is 14.5. The minimum atomic E-state index is -0.797. The molecule has 3 heterocycles. The van der Waals surface area contributed by atoms with E-state index in [-0.39, 0.29) is 57.0 Å². The third kappa shape index (κ3) is 14.8. The first-order valence-electron chi connectivity index (χ1n) is 26.0. The van der Waals surface area contributed by atoms with Gasteiger partial charge in [-0.25, -0.2) is 9.59 Å². The van der Waals surface area contributed by atoms with E-state index in [0.29, 0.717) is 83.7 Å². The number of nitrogens with zero attached hydrogens (tertiary/aromatic N) is 6. The van der Waals surface area contributed by atoms with E-state index in [1.807, 2.05) is 56.3 Å². The van der Waals surface area contributed by atoms with Gasteiger partial charge in [-0.3, -0.25) is 19.2 Å². The second-order valence-electron chi connectivity index (χ2n) is 19.4. The van der Waals surface area contributed by atoms with Gasteiger partial charge in [0.05, 0.1) is 39.3 Å². The first kappa shape index (κ1) is 56.1. The lowest BCUT2D eigenvalue weighted by Gasteiger charge is -2.37. The number of hydrogen-bond acceptors (Lipinski definition) is 16. The molecule has 2 saturated heterocycles. The van der Waals surface area contributed by atoms with Crippen LogP contribution in [-0.2, 0) is 55.9 Å². The van der Waals surface area contributed by atoms with Crippen molar-refractivity contribution >= 4 is 35.4 Å². The number of hydroxylamine groups is 2. The Balaban J connectivity index is 1.02. The van der Waals surface area contributed by atoms with E-state index >= 15 is 0 Å². The summed E-state index contributed by atoms with van der Waals surface area (Å²) in [4.78, 5) is 85.9. The summed E-state index contributed by atoms with van der Waals surface area (Å²) in [5, 5.41) is 16.7. The number of ketones is 1. The normalized spacial score (nSPS) is 15.7. The Labute approximate surface area is 443 Å². The number of methoxy groups -OCH3 is 2. The van der Waals surface area contributed by atoms with Crippen LogP contribution in [0, 0.1) is 27.7 Å². The van der Waals surface area contributed by atoms with Crippen LogP contribution in [0.15, 0.2) is 78.9 Å². The Bertz CT molecular complexity index is 2840. The monoisotopic (exact) mass is 1040 g/mol. The van der Waals surface area contributed by atoms with Crippen LogP contribution in [0.1, 0.15) is 128 Å². The molecule has 4 aromatic carbocycles. The summed E-state index contributed by atoms with van der Waals surface area (Å²) in [6, 6.07) is 23.9.